The number of hydrogen-bond donors (Lipinski definition) is 1. The Balaban J connectivity index is 1.86. The summed E-state index contributed by atoms with van der Waals surface area (Å²) in [5.41, 5.74) is -0.519. The number of hydrogen-bond acceptors (Lipinski definition) is 4. The van der Waals surface area contributed by atoms with Gasteiger partial charge in [-0.2, -0.15) is 0 Å². The summed E-state index contributed by atoms with van der Waals surface area (Å²) in [5.74, 6) is 0.760. The van der Waals surface area contributed by atoms with Crippen LogP contribution in [0.4, 0.5) is 0 Å². The van der Waals surface area contributed by atoms with Crippen molar-refractivity contribution in [2.24, 2.45) is 5.92 Å². The van der Waals surface area contributed by atoms with Gasteiger partial charge in [0.1, 0.15) is 5.54 Å². The molecule has 2 rings (SSSR count). The van der Waals surface area contributed by atoms with Crippen LogP contribution in [0, 0.1) is 5.92 Å². The van der Waals surface area contributed by atoms with E-state index >= 15 is 0 Å². The molecule has 0 spiro atoms. The van der Waals surface area contributed by atoms with Gasteiger partial charge in [0.15, 0.2) is 0 Å². The Morgan fingerprint density at radius 3 is 2.71 bits per heavy atom. The SMILES string of the molecule is CCOC(=O)C(C)(CCN1CCCC(C)CC1)NC1CC1. The number of carbonyl (C=O) groups excluding carboxylic acids is 1. The fraction of sp³-hybridized carbons (Fsp3) is 0.941. The van der Waals surface area contributed by atoms with Gasteiger partial charge in [0.2, 0.25) is 0 Å². The molecule has 1 saturated heterocycles. The van der Waals surface area contributed by atoms with Crippen LogP contribution in [-0.2, 0) is 9.53 Å². The van der Waals surface area contributed by atoms with Gasteiger partial charge in [-0.1, -0.05) is 6.92 Å². The van der Waals surface area contributed by atoms with Crippen molar-refractivity contribution in [1.29, 1.82) is 0 Å². The van der Waals surface area contributed by atoms with E-state index < -0.39 is 5.54 Å². The van der Waals surface area contributed by atoms with Crippen molar-refractivity contribution in [1.82, 2.24) is 10.2 Å². The molecular formula is C17H32N2O2. The van der Waals surface area contributed by atoms with Crippen molar-refractivity contribution in [3.8, 4) is 0 Å². The minimum absolute atomic E-state index is 0.0833. The van der Waals surface area contributed by atoms with Crippen LogP contribution in [0.1, 0.15) is 59.3 Å². The van der Waals surface area contributed by atoms with Crippen molar-refractivity contribution in [3.05, 3.63) is 0 Å². The van der Waals surface area contributed by atoms with E-state index in [2.05, 4.69) is 17.1 Å². The van der Waals surface area contributed by atoms with E-state index in [9.17, 15) is 4.79 Å². The number of rotatable bonds is 7. The minimum atomic E-state index is -0.519. The number of esters is 1. The van der Waals surface area contributed by atoms with Crippen molar-refractivity contribution in [2.45, 2.75) is 70.9 Å². The molecule has 1 aliphatic carbocycles. The van der Waals surface area contributed by atoms with E-state index in [0.29, 0.717) is 12.6 Å². The minimum Gasteiger partial charge on any atom is -0.465 e. The molecule has 1 saturated carbocycles. The quantitative estimate of drug-likeness (QED) is 0.733. The smallest absolute Gasteiger partial charge is 0.326 e. The lowest BCUT2D eigenvalue weighted by Gasteiger charge is -2.31. The van der Waals surface area contributed by atoms with Crippen LogP contribution in [0.5, 0.6) is 0 Å². The van der Waals surface area contributed by atoms with E-state index in [0.717, 1.165) is 18.9 Å². The molecule has 2 aliphatic rings. The second kappa shape index (κ2) is 7.59. The highest BCUT2D eigenvalue weighted by Gasteiger charge is 2.39. The van der Waals surface area contributed by atoms with Crippen LogP contribution in [-0.4, -0.2) is 48.7 Å². The molecule has 4 heteroatoms. The number of nitrogens with one attached hydrogen (secondary N) is 1. The van der Waals surface area contributed by atoms with Crippen molar-refractivity contribution in [2.75, 3.05) is 26.2 Å². The van der Waals surface area contributed by atoms with Gasteiger partial charge in [0.05, 0.1) is 6.61 Å². The van der Waals surface area contributed by atoms with Crippen LogP contribution < -0.4 is 5.32 Å². The molecule has 0 aromatic rings. The predicted octanol–water partition coefficient (Wildman–Crippen LogP) is 2.57. The Morgan fingerprint density at radius 2 is 2.05 bits per heavy atom. The second-order valence-corrected chi connectivity index (χ2v) is 7.10. The van der Waals surface area contributed by atoms with Crippen LogP contribution in [0.3, 0.4) is 0 Å². The van der Waals surface area contributed by atoms with Gasteiger partial charge in [-0.3, -0.25) is 10.1 Å². The molecule has 4 nitrogen and oxygen atoms in total. The van der Waals surface area contributed by atoms with Gasteiger partial charge >= 0.3 is 5.97 Å². The van der Waals surface area contributed by atoms with Crippen LogP contribution in [0.15, 0.2) is 0 Å². The standard InChI is InChI=1S/C17H32N2O2/c1-4-21-16(20)17(3,18-15-7-8-15)10-13-19-11-5-6-14(2)9-12-19/h14-15,18H,4-13H2,1-3H3. The maximum absolute atomic E-state index is 12.3. The van der Waals surface area contributed by atoms with Gasteiger partial charge in [-0.05, 0) is 71.4 Å². The molecule has 0 aromatic heterocycles. The maximum Gasteiger partial charge on any atom is 0.326 e. The third-order valence-corrected chi connectivity index (χ3v) is 4.86. The first kappa shape index (κ1) is 16.8. The van der Waals surface area contributed by atoms with E-state index in [1.54, 1.807) is 0 Å². The molecular weight excluding hydrogens is 264 g/mol. The zero-order chi connectivity index (χ0) is 15.3. The molecule has 21 heavy (non-hydrogen) atoms. The van der Waals surface area contributed by atoms with Crippen molar-refractivity contribution < 1.29 is 9.53 Å². The molecule has 0 aromatic carbocycles. The largest absolute Gasteiger partial charge is 0.465 e. The zero-order valence-electron chi connectivity index (χ0n) is 14.0. The third-order valence-electron chi connectivity index (χ3n) is 4.86. The molecule has 2 unspecified atom stereocenters. The molecule has 1 heterocycles. The summed E-state index contributed by atoms with van der Waals surface area (Å²) in [5, 5.41) is 3.51. The van der Waals surface area contributed by atoms with E-state index in [4.69, 9.17) is 4.74 Å². The Kier molecular flexibility index (Phi) is 6.06. The lowest BCUT2D eigenvalue weighted by Crippen LogP contribution is -2.53. The van der Waals surface area contributed by atoms with Gasteiger partial charge in [-0.25, -0.2) is 0 Å². The average molecular weight is 296 g/mol. The van der Waals surface area contributed by atoms with Gasteiger partial charge in [0, 0.05) is 12.6 Å². The highest BCUT2D eigenvalue weighted by Crippen LogP contribution is 2.26. The van der Waals surface area contributed by atoms with Gasteiger partial charge in [0.25, 0.3) is 0 Å². The molecule has 1 N–H and O–H groups in total. The first-order valence-electron chi connectivity index (χ1n) is 8.71. The summed E-state index contributed by atoms with van der Waals surface area (Å²) in [6.07, 6.45) is 7.13. The lowest BCUT2D eigenvalue weighted by atomic mass is 9.97. The Labute approximate surface area is 129 Å². The number of likely N-dealkylation sites (tertiary alicyclic amines) is 1. The molecule has 0 radical (unpaired) electrons. The Hall–Kier alpha value is -0.610. The summed E-state index contributed by atoms with van der Waals surface area (Å²) in [6, 6.07) is 0.517. The van der Waals surface area contributed by atoms with E-state index in [1.165, 1.54) is 45.2 Å². The van der Waals surface area contributed by atoms with Crippen molar-refractivity contribution >= 4 is 5.97 Å². The summed E-state index contributed by atoms with van der Waals surface area (Å²) >= 11 is 0. The number of ether oxygens (including phenoxy) is 1. The average Bonchev–Trinajstić information content (AvgIpc) is 3.26. The first-order chi connectivity index (χ1) is 10.0. The van der Waals surface area contributed by atoms with Crippen LogP contribution in [0.25, 0.3) is 0 Å². The Bertz CT molecular complexity index is 344. The second-order valence-electron chi connectivity index (χ2n) is 7.10. The highest BCUT2D eigenvalue weighted by atomic mass is 16.5. The van der Waals surface area contributed by atoms with Crippen LogP contribution >= 0.6 is 0 Å². The first-order valence-corrected chi connectivity index (χ1v) is 8.71. The summed E-state index contributed by atoms with van der Waals surface area (Å²) in [6.45, 7) is 10.0. The molecule has 122 valence electrons. The van der Waals surface area contributed by atoms with E-state index in [-0.39, 0.29) is 5.97 Å². The molecule has 0 amide bonds. The molecule has 2 fully saturated rings. The predicted molar refractivity (Wildman–Crippen MR) is 85.3 cm³/mol. The molecule has 2 atom stereocenters. The maximum atomic E-state index is 12.3. The van der Waals surface area contributed by atoms with Gasteiger partial charge in [-0.15, -0.1) is 0 Å². The van der Waals surface area contributed by atoms with Crippen molar-refractivity contribution in [3.63, 3.8) is 0 Å². The summed E-state index contributed by atoms with van der Waals surface area (Å²) in [7, 11) is 0. The summed E-state index contributed by atoms with van der Waals surface area (Å²) in [4.78, 5) is 14.8. The fourth-order valence-electron chi connectivity index (χ4n) is 3.13. The normalized spacial score (nSPS) is 26.9. The van der Waals surface area contributed by atoms with Crippen LogP contribution in [0.2, 0.25) is 0 Å². The summed E-state index contributed by atoms with van der Waals surface area (Å²) < 4.78 is 5.30. The monoisotopic (exact) mass is 296 g/mol. The Morgan fingerprint density at radius 1 is 1.29 bits per heavy atom. The fourth-order valence-corrected chi connectivity index (χ4v) is 3.13. The van der Waals surface area contributed by atoms with E-state index in [1.807, 2.05) is 13.8 Å². The number of nitrogens with zero attached hydrogens (tertiary/aromatic N) is 1. The number of carbonyl (C=O) groups is 1. The third kappa shape index (κ3) is 5.26. The lowest BCUT2D eigenvalue weighted by molar-refractivity contribution is -0.151. The van der Waals surface area contributed by atoms with Gasteiger partial charge < -0.3 is 9.64 Å². The molecule has 1 aliphatic heterocycles. The topological polar surface area (TPSA) is 41.6 Å². The highest BCUT2D eigenvalue weighted by molar-refractivity contribution is 5.80. The molecule has 0 bridgehead atoms. The zero-order valence-corrected chi connectivity index (χ0v) is 14.0.